The summed E-state index contributed by atoms with van der Waals surface area (Å²) >= 11 is 0. The van der Waals surface area contributed by atoms with Gasteiger partial charge in [0, 0.05) is 27.9 Å². The molecular weight excluding hydrogens is 128 g/mol. The van der Waals surface area contributed by atoms with Gasteiger partial charge in [0.1, 0.15) is 0 Å². The van der Waals surface area contributed by atoms with Gasteiger partial charge in [-0.2, -0.15) is 0 Å². The zero-order chi connectivity index (χ0) is 13.0. The molecule has 0 unspecified atom stereocenters. The van der Waals surface area contributed by atoms with Gasteiger partial charge in [-0.15, -0.1) is 0 Å². The van der Waals surface area contributed by atoms with E-state index in [0.717, 1.165) is 6.08 Å². The Bertz CT molecular complexity index is 255. The van der Waals surface area contributed by atoms with Gasteiger partial charge in [0.05, 0.1) is 0 Å². The summed E-state index contributed by atoms with van der Waals surface area (Å²) in [7, 11) is 1.41. The van der Waals surface area contributed by atoms with Crippen molar-refractivity contribution in [3.8, 4) is 0 Å². The number of hydrogen-bond acceptors (Lipinski definition) is 2. The predicted molar refractivity (Wildman–Crippen MR) is 41.8 cm³/mol. The second kappa shape index (κ2) is 4.99. The summed E-state index contributed by atoms with van der Waals surface area (Å²) in [6.45, 7) is -5.79. The fraction of sp³-hybridized carbons (Fsp3) is 0.571. The van der Waals surface area contributed by atoms with Gasteiger partial charge in [0.25, 0.3) is 0 Å². The van der Waals surface area contributed by atoms with Crippen molar-refractivity contribution in [1.29, 1.82) is 0 Å². The molecule has 0 aliphatic rings. The smallest absolute Gasteiger partial charge is 0.243 e. The third kappa shape index (κ3) is 5.31. The maximum Gasteiger partial charge on any atom is 0.243 e. The van der Waals surface area contributed by atoms with Crippen molar-refractivity contribution in [2.24, 2.45) is 0 Å². The Morgan fingerprint density at radius 3 is 3.00 bits per heavy atom. The summed E-state index contributed by atoms with van der Waals surface area (Å²) in [4.78, 5) is 11.2. The summed E-state index contributed by atoms with van der Waals surface area (Å²) in [6.07, 6.45) is 2.28. The van der Waals surface area contributed by atoms with Gasteiger partial charge in [-0.05, 0) is 14.0 Å². The molecule has 0 radical (unpaired) electrons. The molecule has 10 heavy (non-hydrogen) atoms. The molecule has 0 saturated carbocycles. The molecule has 0 aromatic heterocycles. The summed E-state index contributed by atoms with van der Waals surface area (Å²) in [5.41, 5.74) is 0. The summed E-state index contributed by atoms with van der Waals surface area (Å²) in [5, 5.41) is 2.29. The van der Waals surface area contributed by atoms with Crippen LogP contribution < -0.4 is 5.32 Å². The van der Waals surface area contributed by atoms with Crippen LogP contribution in [0.25, 0.3) is 0 Å². The highest BCUT2D eigenvalue weighted by Gasteiger charge is 1.87. The van der Waals surface area contributed by atoms with E-state index in [-0.39, 0.29) is 6.54 Å². The van der Waals surface area contributed by atoms with Gasteiger partial charge in [-0.1, -0.05) is 6.08 Å². The van der Waals surface area contributed by atoms with Crippen LogP contribution >= 0.6 is 0 Å². The van der Waals surface area contributed by atoms with Gasteiger partial charge in [0.15, 0.2) is 0 Å². The van der Waals surface area contributed by atoms with Gasteiger partial charge < -0.3 is 10.2 Å². The molecule has 0 spiro atoms. The highest BCUT2D eigenvalue weighted by molar-refractivity contribution is 5.87. The number of carbonyl (C=O) groups is 1. The monoisotopic (exact) mass is 148 g/mol. The van der Waals surface area contributed by atoms with Gasteiger partial charge in [0.2, 0.25) is 5.91 Å². The third-order valence-electron chi connectivity index (χ3n) is 0.804. The number of carbonyl (C=O) groups excluding carboxylic acids is 1. The Kier molecular flexibility index (Phi) is 1.52. The lowest BCUT2D eigenvalue weighted by Gasteiger charge is -2.02. The van der Waals surface area contributed by atoms with Gasteiger partial charge in [-0.25, -0.2) is 0 Å². The van der Waals surface area contributed by atoms with Crippen LogP contribution in [-0.4, -0.2) is 38.4 Å². The molecule has 0 aromatic rings. The van der Waals surface area contributed by atoms with E-state index in [1.165, 1.54) is 13.1 Å². The molecule has 0 bridgehead atoms. The number of likely N-dealkylation sites (N-methyl/N-ethyl adjacent to an activating group) is 2. The van der Waals surface area contributed by atoms with E-state index >= 15 is 0 Å². The fourth-order valence-corrected chi connectivity index (χ4v) is 0.348. The second-order valence-electron chi connectivity index (χ2n) is 1.63. The Labute approximate surface area is 70.1 Å². The fourth-order valence-electron chi connectivity index (χ4n) is 0.348. The summed E-state index contributed by atoms with van der Waals surface area (Å²) in [6, 6.07) is 0. The quantitative estimate of drug-likeness (QED) is 0.565. The number of nitrogens with zero attached hydrogens (tertiary/aromatic N) is 1. The minimum Gasteiger partial charge on any atom is -0.356 e. The van der Waals surface area contributed by atoms with Crippen molar-refractivity contribution in [2.75, 3.05) is 27.5 Å². The molecule has 1 N–H and O–H groups in total. The van der Waals surface area contributed by atoms with E-state index in [1.54, 1.807) is 0 Å². The van der Waals surface area contributed by atoms with E-state index in [2.05, 4.69) is 5.32 Å². The maximum absolute atomic E-state index is 10.8. The topological polar surface area (TPSA) is 32.3 Å². The zero-order valence-corrected chi connectivity index (χ0v) is 5.72. The largest absolute Gasteiger partial charge is 0.356 e. The maximum atomic E-state index is 10.8. The van der Waals surface area contributed by atoms with Crippen molar-refractivity contribution in [3.05, 3.63) is 12.2 Å². The lowest BCUT2D eigenvalue weighted by molar-refractivity contribution is -0.116. The number of nitrogens with one attached hydrogen (secondary N) is 1. The second-order valence-corrected chi connectivity index (χ2v) is 1.63. The summed E-state index contributed by atoms with van der Waals surface area (Å²) < 4.78 is 42.2. The van der Waals surface area contributed by atoms with E-state index in [9.17, 15) is 4.79 Å². The van der Waals surface area contributed by atoms with Crippen LogP contribution in [0.5, 0.6) is 0 Å². The lowest BCUT2D eigenvalue weighted by atomic mass is 10.4. The van der Waals surface area contributed by atoms with E-state index in [4.69, 9.17) is 8.22 Å². The first kappa shape index (κ1) is 3.05. The number of rotatable bonds is 3. The van der Waals surface area contributed by atoms with Crippen molar-refractivity contribution in [3.63, 3.8) is 0 Å². The molecule has 0 atom stereocenters. The van der Waals surface area contributed by atoms with Crippen LogP contribution in [0.3, 0.4) is 0 Å². The molecule has 0 heterocycles. The van der Waals surface area contributed by atoms with Crippen LogP contribution in [0.1, 0.15) is 8.22 Å². The summed E-state index contributed by atoms with van der Waals surface area (Å²) in [5.74, 6) is -0.420. The van der Waals surface area contributed by atoms with Crippen molar-refractivity contribution < 1.29 is 13.0 Å². The van der Waals surface area contributed by atoms with Crippen LogP contribution in [0.4, 0.5) is 0 Å². The lowest BCUT2D eigenvalue weighted by Crippen LogP contribution is -2.16. The minimum absolute atomic E-state index is 0.347. The Morgan fingerprint density at radius 1 is 1.80 bits per heavy atom. The first-order valence-corrected chi connectivity index (χ1v) is 2.75. The van der Waals surface area contributed by atoms with E-state index in [1.807, 2.05) is 0 Å². The molecule has 3 nitrogen and oxygen atoms in total. The average Bonchev–Trinajstić information content (AvgIpc) is 2.07. The standard InChI is InChI=1S/C7H14N2O/c1-8-7(10)5-4-6-9(2)3/h4-5H,6H2,1-3H3,(H,8,10)/b5-4+/i2D3,3D3. The zero-order valence-electron chi connectivity index (χ0n) is 11.7. The molecule has 0 aliphatic heterocycles. The molecular formula is C7H14N2O. The van der Waals surface area contributed by atoms with Crippen molar-refractivity contribution in [2.45, 2.75) is 0 Å². The third-order valence-corrected chi connectivity index (χ3v) is 0.804. The molecule has 3 heteroatoms. The van der Waals surface area contributed by atoms with Gasteiger partial charge >= 0.3 is 0 Å². The highest BCUT2D eigenvalue weighted by atomic mass is 16.1. The van der Waals surface area contributed by atoms with Gasteiger partial charge in [-0.3, -0.25) is 4.79 Å². The molecule has 0 fully saturated rings. The average molecular weight is 148 g/mol. The Balaban J connectivity index is 4.60. The first-order chi connectivity index (χ1) is 7.09. The minimum atomic E-state index is -2.72. The highest BCUT2D eigenvalue weighted by Crippen LogP contribution is 1.76. The van der Waals surface area contributed by atoms with Crippen LogP contribution in [0, 0.1) is 0 Å². The molecule has 0 aliphatic carbocycles. The molecule has 0 aromatic carbocycles. The van der Waals surface area contributed by atoms with Crippen LogP contribution in [-0.2, 0) is 4.79 Å². The number of amides is 1. The Hall–Kier alpha value is -0.830. The SMILES string of the molecule is [2H]C([2H])([2H])N(C/C=C/C(=O)NC)C([2H])([2H])[2H]. The van der Waals surface area contributed by atoms with Crippen molar-refractivity contribution >= 4 is 5.91 Å². The van der Waals surface area contributed by atoms with E-state index in [0.29, 0.717) is 4.90 Å². The molecule has 0 saturated heterocycles. The van der Waals surface area contributed by atoms with Crippen LogP contribution in [0.2, 0.25) is 0 Å². The molecule has 1 amide bonds. The van der Waals surface area contributed by atoms with Crippen molar-refractivity contribution in [1.82, 2.24) is 10.2 Å². The Morgan fingerprint density at radius 2 is 2.50 bits per heavy atom. The van der Waals surface area contributed by atoms with E-state index < -0.39 is 19.9 Å². The molecule has 58 valence electrons. The molecule has 0 rings (SSSR count). The normalized spacial score (nSPS) is 22.2. The predicted octanol–water partition coefficient (Wildman–Crippen LogP) is -0.150. The first-order valence-electron chi connectivity index (χ1n) is 5.75. The number of hydrogen-bond donors (Lipinski definition) is 1. The van der Waals surface area contributed by atoms with Crippen LogP contribution in [0.15, 0.2) is 12.2 Å².